The van der Waals surface area contributed by atoms with Crippen molar-refractivity contribution in [3.63, 3.8) is 0 Å². The first-order chi connectivity index (χ1) is 15.2. The van der Waals surface area contributed by atoms with E-state index in [2.05, 4.69) is 5.32 Å². The zero-order valence-corrected chi connectivity index (χ0v) is 16.4. The van der Waals surface area contributed by atoms with Gasteiger partial charge in [0.25, 0.3) is 0 Å². The van der Waals surface area contributed by atoms with E-state index >= 15 is 0 Å². The molecule has 8 nitrogen and oxygen atoms in total. The molecule has 1 aromatic carbocycles. The van der Waals surface area contributed by atoms with Crippen LogP contribution in [-0.2, 0) is 30.6 Å². The van der Waals surface area contributed by atoms with Crippen LogP contribution in [0.15, 0.2) is 73.4 Å². The Morgan fingerprint density at radius 3 is 2.19 bits per heavy atom. The highest BCUT2D eigenvalue weighted by atomic mass is 19.4. The monoisotopic (exact) mass is 447 g/mol. The normalized spacial score (nSPS) is 11.7. The Bertz CT molecular complexity index is 1370. The summed E-state index contributed by atoms with van der Waals surface area (Å²) in [5.41, 5.74) is -3.29. The molecule has 0 saturated heterocycles. The van der Waals surface area contributed by atoms with E-state index in [9.17, 15) is 27.6 Å². The van der Waals surface area contributed by atoms with Gasteiger partial charge in [-0.15, -0.1) is 0 Å². The third kappa shape index (κ3) is 4.22. The standard InChI is InChI=1S/C21H16F3N3O5/c22-21(23,24)13-5-6-16-17(9-13)27(12-18(28)25-10-14-3-1-7-31-14)20(30)19(29)26(16)11-15-4-2-8-32-15/h1-9H,10-12H2,(H,25,28). The van der Waals surface area contributed by atoms with Gasteiger partial charge in [-0.1, -0.05) is 0 Å². The molecule has 0 unspecified atom stereocenters. The van der Waals surface area contributed by atoms with Crippen LogP contribution in [-0.4, -0.2) is 15.0 Å². The first-order valence-electron chi connectivity index (χ1n) is 9.40. The molecule has 166 valence electrons. The maximum absolute atomic E-state index is 13.3. The zero-order valence-electron chi connectivity index (χ0n) is 16.4. The number of alkyl halides is 3. The van der Waals surface area contributed by atoms with Crippen molar-refractivity contribution < 1.29 is 26.8 Å². The van der Waals surface area contributed by atoms with Crippen LogP contribution < -0.4 is 16.4 Å². The first-order valence-corrected chi connectivity index (χ1v) is 9.40. The fourth-order valence-electron chi connectivity index (χ4n) is 3.26. The molecule has 4 rings (SSSR count). The molecular formula is C21H16F3N3O5. The van der Waals surface area contributed by atoms with E-state index in [-0.39, 0.29) is 24.1 Å². The minimum absolute atomic E-state index is 0.0158. The highest BCUT2D eigenvalue weighted by molar-refractivity contribution is 5.81. The molecule has 0 aliphatic rings. The second-order valence-corrected chi connectivity index (χ2v) is 6.92. The number of furan rings is 2. The number of amides is 1. The summed E-state index contributed by atoms with van der Waals surface area (Å²) in [4.78, 5) is 37.9. The van der Waals surface area contributed by atoms with E-state index < -0.39 is 35.3 Å². The number of hydrogen-bond acceptors (Lipinski definition) is 5. The molecule has 0 bridgehead atoms. The van der Waals surface area contributed by atoms with Crippen LogP contribution in [0.1, 0.15) is 17.1 Å². The number of halogens is 3. The van der Waals surface area contributed by atoms with Crippen molar-refractivity contribution in [3.05, 3.63) is 92.8 Å². The van der Waals surface area contributed by atoms with Gasteiger partial charge in [0, 0.05) is 0 Å². The van der Waals surface area contributed by atoms with Gasteiger partial charge in [0.15, 0.2) is 0 Å². The lowest BCUT2D eigenvalue weighted by molar-refractivity contribution is -0.137. The fraction of sp³-hybridized carbons (Fsp3) is 0.190. The van der Waals surface area contributed by atoms with E-state index in [1.54, 1.807) is 24.3 Å². The molecule has 0 aliphatic heterocycles. The molecule has 11 heteroatoms. The second-order valence-electron chi connectivity index (χ2n) is 6.92. The minimum atomic E-state index is -4.68. The molecule has 3 aromatic heterocycles. The molecular weight excluding hydrogens is 431 g/mol. The third-order valence-electron chi connectivity index (χ3n) is 4.79. The molecule has 0 fully saturated rings. The van der Waals surface area contributed by atoms with Crippen molar-refractivity contribution in [2.24, 2.45) is 0 Å². The fourth-order valence-corrected chi connectivity index (χ4v) is 3.26. The molecule has 32 heavy (non-hydrogen) atoms. The molecule has 0 radical (unpaired) electrons. The smallest absolute Gasteiger partial charge is 0.416 e. The number of aromatic nitrogens is 2. The van der Waals surface area contributed by atoms with E-state index in [4.69, 9.17) is 8.83 Å². The quantitative estimate of drug-likeness (QED) is 0.459. The summed E-state index contributed by atoms with van der Waals surface area (Å²) in [6.45, 7) is -0.787. The van der Waals surface area contributed by atoms with Gasteiger partial charge in [0.05, 0.1) is 42.2 Å². The maximum Gasteiger partial charge on any atom is 0.416 e. The molecule has 0 atom stereocenters. The van der Waals surface area contributed by atoms with Gasteiger partial charge < -0.3 is 14.2 Å². The van der Waals surface area contributed by atoms with E-state index in [1.807, 2.05) is 0 Å². The molecule has 1 amide bonds. The topological polar surface area (TPSA) is 99.4 Å². The van der Waals surface area contributed by atoms with Gasteiger partial charge in [0.1, 0.15) is 18.1 Å². The molecule has 3 heterocycles. The van der Waals surface area contributed by atoms with Gasteiger partial charge in [-0.3, -0.25) is 23.5 Å². The minimum Gasteiger partial charge on any atom is -0.467 e. The lowest BCUT2D eigenvalue weighted by Gasteiger charge is -2.16. The lowest BCUT2D eigenvalue weighted by Crippen LogP contribution is -2.44. The van der Waals surface area contributed by atoms with Crippen LogP contribution in [0.3, 0.4) is 0 Å². The van der Waals surface area contributed by atoms with Crippen molar-refractivity contribution >= 4 is 16.9 Å². The lowest BCUT2D eigenvalue weighted by atomic mass is 10.1. The molecule has 0 saturated carbocycles. The number of fused-ring (bicyclic) bond motifs is 1. The third-order valence-corrected chi connectivity index (χ3v) is 4.79. The number of rotatable bonds is 6. The molecule has 1 N–H and O–H groups in total. The summed E-state index contributed by atoms with van der Waals surface area (Å²) in [5, 5.41) is 2.50. The van der Waals surface area contributed by atoms with Gasteiger partial charge in [-0.2, -0.15) is 13.2 Å². The average Bonchev–Trinajstić information content (AvgIpc) is 3.46. The summed E-state index contributed by atoms with van der Waals surface area (Å²) in [6, 6.07) is 9.04. The first kappa shape index (κ1) is 21.2. The number of benzene rings is 1. The number of nitrogens with zero attached hydrogens (tertiary/aromatic N) is 2. The van der Waals surface area contributed by atoms with Gasteiger partial charge in [-0.25, -0.2) is 0 Å². The largest absolute Gasteiger partial charge is 0.467 e. The molecule has 4 aromatic rings. The predicted octanol–water partition coefficient (Wildman–Crippen LogP) is 2.73. The summed E-state index contributed by atoms with van der Waals surface area (Å²) in [6.07, 6.45) is -1.90. The van der Waals surface area contributed by atoms with E-state index in [0.717, 1.165) is 27.3 Å². The SMILES string of the molecule is O=C(Cn1c(=O)c(=O)n(Cc2ccco2)c2ccc(C(F)(F)F)cc21)NCc1ccco1. The van der Waals surface area contributed by atoms with Crippen LogP contribution in [0, 0.1) is 0 Å². The van der Waals surface area contributed by atoms with Crippen molar-refractivity contribution in [2.75, 3.05) is 0 Å². The molecule has 0 aliphatic carbocycles. The highest BCUT2D eigenvalue weighted by Gasteiger charge is 2.31. The van der Waals surface area contributed by atoms with Crippen molar-refractivity contribution in [3.8, 4) is 0 Å². The Morgan fingerprint density at radius 2 is 1.56 bits per heavy atom. The Balaban J connectivity index is 1.79. The molecule has 0 spiro atoms. The number of hydrogen-bond donors (Lipinski definition) is 1. The van der Waals surface area contributed by atoms with Crippen LogP contribution in [0.2, 0.25) is 0 Å². The average molecular weight is 447 g/mol. The predicted molar refractivity (Wildman–Crippen MR) is 106 cm³/mol. The summed E-state index contributed by atoms with van der Waals surface area (Å²) in [7, 11) is 0. The van der Waals surface area contributed by atoms with Crippen molar-refractivity contribution in [1.29, 1.82) is 0 Å². The van der Waals surface area contributed by atoms with Gasteiger partial charge >= 0.3 is 17.3 Å². The number of carbonyl (C=O) groups excluding carboxylic acids is 1. The van der Waals surface area contributed by atoms with E-state index in [1.165, 1.54) is 12.5 Å². The Kier molecular flexibility index (Phi) is 5.47. The zero-order chi connectivity index (χ0) is 22.9. The van der Waals surface area contributed by atoms with Crippen molar-refractivity contribution in [2.45, 2.75) is 25.8 Å². The summed E-state index contributed by atoms with van der Waals surface area (Å²) in [5.74, 6) is 0.107. The summed E-state index contributed by atoms with van der Waals surface area (Å²) >= 11 is 0. The Labute approximate surface area is 177 Å². The van der Waals surface area contributed by atoms with Crippen LogP contribution in [0.4, 0.5) is 13.2 Å². The number of nitrogens with one attached hydrogen (secondary N) is 1. The summed E-state index contributed by atoms with van der Waals surface area (Å²) < 4.78 is 52.0. The Morgan fingerprint density at radius 1 is 0.906 bits per heavy atom. The Hall–Kier alpha value is -4.02. The van der Waals surface area contributed by atoms with Gasteiger partial charge in [-0.05, 0) is 42.5 Å². The van der Waals surface area contributed by atoms with Crippen LogP contribution >= 0.6 is 0 Å². The van der Waals surface area contributed by atoms with Gasteiger partial charge in [0.2, 0.25) is 5.91 Å². The maximum atomic E-state index is 13.3. The highest BCUT2D eigenvalue weighted by Crippen LogP contribution is 2.31. The van der Waals surface area contributed by atoms with Crippen molar-refractivity contribution in [1.82, 2.24) is 14.5 Å². The number of carbonyl (C=O) groups is 1. The van der Waals surface area contributed by atoms with E-state index in [0.29, 0.717) is 11.5 Å². The van der Waals surface area contributed by atoms with Crippen LogP contribution in [0.5, 0.6) is 0 Å². The second kappa shape index (κ2) is 8.25. The van der Waals surface area contributed by atoms with Crippen LogP contribution in [0.25, 0.3) is 11.0 Å².